The number of nitrogens with one attached hydrogen (secondary N) is 1. The van der Waals surface area contributed by atoms with Crippen LogP contribution in [0.3, 0.4) is 0 Å². The lowest BCUT2D eigenvalue weighted by molar-refractivity contribution is 0.783. The molecule has 1 N–H and O–H groups in total. The molecule has 0 saturated carbocycles. The molecule has 0 amide bonds. The molecular formula is C11H14ClN3. The Morgan fingerprint density at radius 3 is 2.87 bits per heavy atom. The number of nitrogens with zero attached hydrogens (tertiary/aromatic N) is 2. The van der Waals surface area contributed by atoms with Gasteiger partial charge in [0.25, 0.3) is 0 Å². The van der Waals surface area contributed by atoms with Crippen molar-refractivity contribution in [1.82, 2.24) is 15.1 Å². The minimum atomic E-state index is 0.765. The summed E-state index contributed by atoms with van der Waals surface area (Å²) in [6.07, 6.45) is 0. The predicted octanol–water partition coefficient (Wildman–Crippen LogP) is 2.25. The highest BCUT2D eigenvalue weighted by Crippen LogP contribution is 2.27. The molecule has 0 unspecified atom stereocenters. The van der Waals surface area contributed by atoms with Gasteiger partial charge < -0.3 is 5.32 Å². The lowest BCUT2D eigenvalue weighted by Crippen LogP contribution is -2.04. The average Bonchev–Trinajstić information content (AvgIpc) is 2.43. The van der Waals surface area contributed by atoms with Crippen molar-refractivity contribution in [2.75, 3.05) is 7.05 Å². The normalized spacial score (nSPS) is 11.2. The first-order valence-corrected chi connectivity index (χ1v) is 5.27. The lowest BCUT2D eigenvalue weighted by Gasteiger charge is -2.03. The van der Waals surface area contributed by atoms with Gasteiger partial charge in [0.2, 0.25) is 0 Å². The summed E-state index contributed by atoms with van der Waals surface area (Å²) in [4.78, 5) is 0. The summed E-state index contributed by atoms with van der Waals surface area (Å²) in [6.45, 7) is 2.83. The Hall–Kier alpha value is -1.06. The van der Waals surface area contributed by atoms with Gasteiger partial charge in [-0.15, -0.1) is 0 Å². The number of benzene rings is 1. The molecule has 1 aromatic heterocycles. The summed E-state index contributed by atoms with van der Waals surface area (Å²) in [7, 11) is 3.84. The largest absolute Gasteiger partial charge is 0.316 e. The number of fused-ring (bicyclic) bond motifs is 1. The second kappa shape index (κ2) is 3.83. The molecule has 0 atom stereocenters. The number of aromatic nitrogens is 2. The Balaban J connectivity index is 2.70. The van der Waals surface area contributed by atoms with E-state index in [2.05, 4.69) is 16.5 Å². The smallest absolute Gasteiger partial charge is 0.0868 e. The molecule has 15 heavy (non-hydrogen) atoms. The van der Waals surface area contributed by atoms with Gasteiger partial charge in [-0.1, -0.05) is 11.6 Å². The molecule has 0 bridgehead atoms. The van der Waals surface area contributed by atoms with E-state index >= 15 is 0 Å². The molecule has 0 fully saturated rings. The molecule has 3 nitrogen and oxygen atoms in total. The Morgan fingerprint density at radius 1 is 1.47 bits per heavy atom. The van der Waals surface area contributed by atoms with E-state index < -0.39 is 0 Å². The zero-order valence-corrected chi connectivity index (χ0v) is 9.89. The summed E-state index contributed by atoms with van der Waals surface area (Å²) in [5.74, 6) is 0. The van der Waals surface area contributed by atoms with E-state index in [4.69, 9.17) is 11.6 Å². The fourth-order valence-electron chi connectivity index (χ4n) is 1.89. The van der Waals surface area contributed by atoms with E-state index in [1.807, 2.05) is 31.8 Å². The van der Waals surface area contributed by atoms with Gasteiger partial charge in [-0.25, -0.2) is 0 Å². The van der Waals surface area contributed by atoms with E-state index in [-0.39, 0.29) is 0 Å². The number of aryl methyl sites for hydroxylation is 2. The van der Waals surface area contributed by atoms with Crippen LogP contribution < -0.4 is 5.32 Å². The van der Waals surface area contributed by atoms with Crippen LogP contribution in [-0.4, -0.2) is 16.8 Å². The Bertz CT molecular complexity index is 502. The van der Waals surface area contributed by atoms with Crippen LogP contribution in [0.1, 0.15) is 11.3 Å². The van der Waals surface area contributed by atoms with Crippen molar-refractivity contribution in [2.45, 2.75) is 13.5 Å². The molecule has 80 valence electrons. The second-order valence-corrected chi connectivity index (χ2v) is 4.12. The van der Waals surface area contributed by atoms with Crippen molar-refractivity contribution in [3.8, 4) is 0 Å². The highest BCUT2D eigenvalue weighted by atomic mass is 35.5. The maximum absolute atomic E-state index is 6.23. The van der Waals surface area contributed by atoms with Crippen molar-refractivity contribution in [3.05, 3.63) is 28.4 Å². The topological polar surface area (TPSA) is 29.9 Å². The number of hydrogen-bond acceptors (Lipinski definition) is 2. The van der Waals surface area contributed by atoms with Gasteiger partial charge in [0.1, 0.15) is 0 Å². The Morgan fingerprint density at radius 2 is 2.20 bits per heavy atom. The molecule has 0 radical (unpaired) electrons. The van der Waals surface area contributed by atoms with Crippen LogP contribution in [0.4, 0.5) is 0 Å². The quantitative estimate of drug-likeness (QED) is 0.847. The molecular weight excluding hydrogens is 210 g/mol. The van der Waals surface area contributed by atoms with E-state index in [9.17, 15) is 0 Å². The third-order valence-electron chi connectivity index (χ3n) is 2.52. The van der Waals surface area contributed by atoms with Crippen LogP contribution in [0.5, 0.6) is 0 Å². The summed E-state index contributed by atoms with van der Waals surface area (Å²) < 4.78 is 1.83. The third kappa shape index (κ3) is 1.73. The highest BCUT2D eigenvalue weighted by Gasteiger charge is 2.09. The standard InChI is InChI=1S/C11H14ClN3/c1-7-9-4-8(6-13-2)5-10(12)11(9)15(3)14-7/h4-5,13H,6H2,1-3H3. The summed E-state index contributed by atoms with van der Waals surface area (Å²) in [5, 5.41) is 9.38. The van der Waals surface area contributed by atoms with Crippen LogP contribution in [0, 0.1) is 6.92 Å². The summed E-state index contributed by atoms with van der Waals surface area (Å²) >= 11 is 6.23. The van der Waals surface area contributed by atoms with Crippen molar-refractivity contribution in [1.29, 1.82) is 0 Å². The SMILES string of the molecule is CNCc1cc(Cl)c2c(c1)c(C)nn2C. The molecule has 0 aliphatic heterocycles. The first kappa shape index (κ1) is 10.5. The van der Waals surface area contributed by atoms with Gasteiger partial charge in [-0.05, 0) is 31.7 Å². The van der Waals surface area contributed by atoms with E-state index in [1.54, 1.807) is 0 Å². The third-order valence-corrected chi connectivity index (χ3v) is 2.81. The zero-order valence-electron chi connectivity index (χ0n) is 9.13. The van der Waals surface area contributed by atoms with Crippen LogP contribution >= 0.6 is 11.6 Å². The summed E-state index contributed by atoms with van der Waals surface area (Å²) in [6, 6.07) is 4.13. The van der Waals surface area contributed by atoms with Crippen LogP contribution in [0.15, 0.2) is 12.1 Å². The monoisotopic (exact) mass is 223 g/mol. The second-order valence-electron chi connectivity index (χ2n) is 3.71. The van der Waals surface area contributed by atoms with Gasteiger partial charge in [-0.2, -0.15) is 5.10 Å². The van der Waals surface area contributed by atoms with Gasteiger partial charge in [0, 0.05) is 19.0 Å². The van der Waals surface area contributed by atoms with Crippen LogP contribution in [0.2, 0.25) is 5.02 Å². The minimum Gasteiger partial charge on any atom is -0.316 e. The molecule has 1 aromatic carbocycles. The molecule has 4 heteroatoms. The van der Waals surface area contributed by atoms with Crippen LogP contribution in [-0.2, 0) is 13.6 Å². The number of halogens is 1. The van der Waals surface area contributed by atoms with Gasteiger partial charge in [-0.3, -0.25) is 4.68 Å². The van der Waals surface area contributed by atoms with Gasteiger partial charge in [0.05, 0.1) is 16.2 Å². The number of hydrogen-bond donors (Lipinski definition) is 1. The minimum absolute atomic E-state index is 0.765. The van der Waals surface area contributed by atoms with E-state index in [0.717, 1.165) is 28.2 Å². The lowest BCUT2D eigenvalue weighted by atomic mass is 10.1. The molecule has 2 rings (SSSR count). The van der Waals surface area contributed by atoms with Gasteiger partial charge >= 0.3 is 0 Å². The highest BCUT2D eigenvalue weighted by molar-refractivity contribution is 6.35. The molecule has 0 aliphatic rings. The van der Waals surface area contributed by atoms with E-state index in [0.29, 0.717) is 0 Å². The maximum Gasteiger partial charge on any atom is 0.0868 e. The van der Waals surface area contributed by atoms with Crippen molar-refractivity contribution >= 4 is 22.5 Å². The average molecular weight is 224 g/mol. The first-order valence-electron chi connectivity index (χ1n) is 4.90. The van der Waals surface area contributed by atoms with E-state index in [1.165, 1.54) is 5.56 Å². The molecule has 2 aromatic rings. The Labute approximate surface area is 94.0 Å². The molecule has 0 aliphatic carbocycles. The fraction of sp³-hybridized carbons (Fsp3) is 0.364. The van der Waals surface area contributed by atoms with Crippen molar-refractivity contribution < 1.29 is 0 Å². The predicted molar refractivity (Wildman–Crippen MR) is 63.2 cm³/mol. The molecule has 1 heterocycles. The molecule has 0 spiro atoms. The Kier molecular flexibility index (Phi) is 2.67. The molecule has 0 saturated heterocycles. The van der Waals surface area contributed by atoms with Gasteiger partial charge in [0.15, 0.2) is 0 Å². The van der Waals surface area contributed by atoms with Crippen molar-refractivity contribution in [2.24, 2.45) is 7.05 Å². The summed E-state index contributed by atoms with van der Waals surface area (Å²) in [5.41, 5.74) is 3.22. The van der Waals surface area contributed by atoms with Crippen molar-refractivity contribution in [3.63, 3.8) is 0 Å². The van der Waals surface area contributed by atoms with Crippen LogP contribution in [0.25, 0.3) is 10.9 Å². The fourth-order valence-corrected chi connectivity index (χ4v) is 2.26. The maximum atomic E-state index is 6.23. The first-order chi connectivity index (χ1) is 7.13. The number of rotatable bonds is 2. The zero-order chi connectivity index (χ0) is 11.0.